The summed E-state index contributed by atoms with van der Waals surface area (Å²) in [6, 6.07) is 0. The first-order valence-electron chi connectivity index (χ1n) is 8.67. The summed E-state index contributed by atoms with van der Waals surface area (Å²) in [5.41, 5.74) is 3.87. The zero-order chi connectivity index (χ0) is 15.6. The van der Waals surface area contributed by atoms with Crippen molar-refractivity contribution in [3.63, 3.8) is 0 Å². The zero-order valence-corrected chi connectivity index (χ0v) is 14.6. The molecule has 0 heterocycles. The average Bonchev–Trinajstić information content (AvgIpc) is 3.16. The van der Waals surface area contributed by atoms with Crippen molar-refractivity contribution in [3.05, 3.63) is 23.3 Å². The predicted octanol–water partition coefficient (Wildman–Crippen LogP) is 4.97. The van der Waals surface area contributed by atoms with Crippen molar-refractivity contribution in [2.45, 2.75) is 66.9 Å². The molecule has 1 heteroatoms. The highest BCUT2D eigenvalue weighted by Crippen LogP contribution is 2.65. The van der Waals surface area contributed by atoms with E-state index < -0.39 is 0 Å². The number of aliphatic hydroxyl groups excluding tert-OH is 1. The summed E-state index contributed by atoms with van der Waals surface area (Å²) in [5, 5.41) is 9.76. The van der Waals surface area contributed by atoms with E-state index in [9.17, 15) is 5.11 Å². The number of allylic oxidation sites excluding steroid dienone is 3. The Morgan fingerprint density at radius 2 is 1.52 bits per heavy atom. The van der Waals surface area contributed by atoms with Crippen molar-refractivity contribution >= 4 is 0 Å². The summed E-state index contributed by atoms with van der Waals surface area (Å²) >= 11 is 0. The minimum atomic E-state index is -0.149. The smallest absolute Gasteiger partial charge is 0.0783 e. The molecule has 0 amide bonds. The minimum Gasteiger partial charge on any atom is -0.388 e. The average molecular weight is 288 g/mol. The fourth-order valence-electron chi connectivity index (χ4n) is 5.07. The molecule has 5 atom stereocenters. The maximum atomic E-state index is 9.76. The Kier molecular flexibility index (Phi) is 3.44. The van der Waals surface area contributed by atoms with Gasteiger partial charge in [0.2, 0.25) is 0 Å². The summed E-state index contributed by atoms with van der Waals surface area (Å²) in [6.45, 7) is 13.7. The molecular formula is C20H32O. The molecule has 118 valence electrons. The van der Waals surface area contributed by atoms with Gasteiger partial charge in [-0.3, -0.25) is 0 Å². The highest BCUT2D eigenvalue weighted by atomic mass is 16.3. The first kappa shape index (κ1) is 15.3. The van der Waals surface area contributed by atoms with Crippen LogP contribution >= 0.6 is 0 Å². The normalized spacial score (nSPS) is 44.2. The molecule has 0 radical (unpaired) electrons. The van der Waals surface area contributed by atoms with Crippen LogP contribution in [0.15, 0.2) is 23.3 Å². The van der Waals surface area contributed by atoms with E-state index in [2.05, 4.69) is 46.8 Å². The second-order valence-electron chi connectivity index (χ2n) is 9.11. The lowest BCUT2D eigenvalue weighted by Crippen LogP contribution is -2.16. The molecule has 2 saturated carbocycles. The summed E-state index contributed by atoms with van der Waals surface area (Å²) in [4.78, 5) is 0. The molecule has 0 saturated heterocycles. The van der Waals surface area contributed by atoms with Crippen LogP contribution in [0.5, 0.6) is 0 Å². The Bertz CT molecular complexity index is 494. The Hall–Kier alpha value is -0.560. The largest absolute Gasteiger partial charge is 0.388 e. The van der Waals surface area contributed by atoms with Crippen LogP contribution in [0.2, 0.25) is 0 Å². The maximum absolute atomic E-state index is 9.76. The molecule has 21 heavy (non-hydrogen) atoms. The van der Waals surface area contributed by atoms with Crippen LogP contribution in [0.1, 0.15) is 60.8 Å². The molecule has 4 aliphatic rings. The molecule has 0 aromatic carbocycles. The topological polar surface area (TPSA) is 20.2 Å². The molecule has 0 aliphatic heterocycles. The van der Waals surface area contributed by atoms with E-state index in [1.165, 1.54) is 24.8 Å². The number of hydrogen-bond acceptors (Lipinski definition) is 1. The van der Waals surface area contributed by atoms with E-state index in [-0.39, 0.29) is 6.10 Å². The third-order valence-corrected chi connectivity index (χ3v) is 7.19. The van der Waals surface area contributed by atoms with Crippen molar-refractivity contribution in [2.24, 2.45) is 34.5 Å². The molecule has 0 aromatic rings. The highest BCUT2D eigenvalue weighted by Gasteiger charge is 2.61. The third kappa shape index (κ3) is 2.42. The van der Waals surface area contributed by atoms with E-state index in [1.807, 2.05) is 6.92 Å². The van der Waals surface area contributed by atoms with Gasteiger partial charge in [-0.15, -0.1) is 0 Å². The van der Waals surface area contributed by atoms with Gasteiger partial charge < -0.3 is 5.11 Å². The number of rotatable bonds is 0. The summed E-state index contributed by atoms with van der Waals surface area (Å²) in [7, 11) is 0. The van der Waals surface area contributed by atoms with E-state index in [0.29, 0.717) is 16.7 Å². The lowest BCUT2D eigenvalue weighted by Gasteiger charge is -2.15. The lowest BCUT2D eigenvalue weighted by atomic mass is 9.98. The van der Waals surface area contributed by atoms with Gasteiger partial charge in [-0.05, 0) is 73.2 Å². The van der Waals surface area contributed by atoms with E-state index in [4.69, 9.17) is 0 Å². The van der Waals surface area contributed by atoms with E-state index in [1.54, 1.807) is 5.57 Å². The Morgan fingerprint density at radius 3 is 2.05 bits per heavy atom. The second-order valence-corrected chi connectivity index (χ2v) is 9.11. The van der Waals surface area contributed by atoms with Gasteiger partial charge in [0.1, 0.15) is 0 Å². The van der Waals surface area contributed by atoms with Crippen LogP contribution in [0.3, 0.4) is 0 Å². The standard InChI is InChI=1S/C10H16O.C10H16/c1-6-4-5-7-8(9(6)11)10(7,2)3;1-7-4-5-8-9(6-7)10(8,2)3/h4,7-9,11H,5H2,1-3H3;4,8-9H,5-6H2,1-3H3. The quantitative estimate of drug-likeness (QED) is 0.624. The van der Waals surface area contributed by atoms with Gasteiger partial charge in [0.15, 0.2) is 0 Å². The van der Waals surface area contributed by atoms with Crippen LogP contribution in [0.4, 0.5) is 0 Å². The second kappa shape index (κ2) is 4.72. The Labute approximate surface area is 130 Å². The van der Waals surface area contributed by atoms with Crippen molar-refractivity contribution < 1.29 is 5.11 Å². The monoisotopic (exact) mass is 288 g/mol. The van der Waals surface area contributed by atoms with Crippen molar-refractivity contribution in [1.82, 2.24) is 0 Å². The summed E-state index contributed by atoms with van der Waals surface area (Å²) < 4.78 is 0. The molecule has 1 N–H and O–H groups in total. The number of fused-ring (bicyclic) bond motifs is 2. The summed E-state index contributed by atoms with van der Waals surface area (Å²) in [6.07, 6.45) is 8.38. The van der Waals surface area contributed by atoms with Gasteiger partial charge in [0.25, 0.3) is 0 Å². The van der Waals surface area contributed by atoms with Gasteiger partial charge in [0.05, 0.1) is 6.10 Å². The molecule has 4 aliphatic carbocycles. The SMILES string of the molecule is CC1=CCC2C(C1)C2(C)C.CC1=CCC2C(C1O)C2(C)C. The molecule has 0 bridgehead atoms. The Morgan fingerprint density at radius 1 is 0.905 bits per heavy atom. The molecular weight excluding hydrogens is 256 g/mol. The van der Waals surface area contributed by atoms with Gasteiger partial charge >= 0.3 is 0 Å². The van der Waals surface area contributed by atoms with Crippen LogP contribution in [0.25, 0.3) is 0 Å². The lowest BCUT2D eigenvalue weighted by molar-refractivity contribution is 0.164. The van der Waals surface area contributed by atoms with Crippen LogP contribution < -0.4 is 0 Å². The van der Waals surface area contributed by atoms with Gasteiger partial charge in [-0.2, -0.15) is 0 Å². The van der Waals surface area contributed by atoms with Crippen LogP contribution in [-0.2, 0) is 0 Å². The van der Waals surface area contributed by atoms with E-state index in [0.717, 1.165) is 17.8 Å². The molecule has 4 rings (SSSR count). The third-order valence-electron chi connectivity index (χ3n) is 7.19. The van der Waals surface area contributed by atoms with Gasteiger partial charge in [-0.25, -0.2) is 0 Å². The first-order valence-corrected chi connectivity index (χ1v) is 8.67. The molecule has 1 nitrogen and oxygen atoms in total. The van der Waals surface area contributed by atoms with E-state index >= 15 is 0 Å². The Balaban J connectivity index is 0.000000126. The molecule has 2 fully saturated rings. The van der Waals surface area contributed by atoms with Crippen molar-refractivity contribution in [2.75, 3.05) is 0 Å². The fraction of sp³-hybridized carbons (Fsp3) is 0.800. The van der Waals surface area contributed by atoms with Crippen molar-refractivity contribution in [3.8, 4) is 0 Å². The first-order chi connectivity index (χ1) is 9.67. The fourth-order valence-corrected chi connectivity index (χ4v) is 5.07. The number of aliphatic hydroxyl groups is 1. The summed E-state index contributed by atoms with van der Waals surface area (Å²) in [5.74, 6) is 3.35. The number of hydrogen-bond donors (Lipinski definition) is 1. The van der Waals surface area contributed by atoms with Gasteiger partial charge in [0, 0.05) is 0 Å². The van der Waals surface area contributed by atoms with Gasteiger partial charge in [-0.1, -0.05) is 45.4 Å². The minimum absolute atomic E-state index is 0.149. The molecule has 0 aromatic heterocycles. The molecule has 0 spiro atoms. The predicted molar refractivity (Wildman–Crippen MR) is 88.9 cm³/mol. The maximum Gasteiger partial charge on any atom is 0.0783 e. The zero-order valence-electron chi connectivity index (χ0n) is 14.6. The van der Waals surface area contributed by atoms with Crippen LogP contribution in [-0.4, -0.2) is 11.2 Å². The van der Waals surface area contributed by atoms with Crippen LogP contribution in [0, 0.1) is 34.5 Å². The highest BCUT2D eigenvalue weighted by molar-refractivity contribution is 5.24. The molecule has 5 unspecified atom stereocenters. The van der Waals surface area contributed by atoms with Crippen molar-refractivity contribution in [1.29, 1.82) is 0 Å².